The van der Waals surface area contributed by atoms with Crippen molar-refractivity contribution in [2.24, 2.45) is 7.05 Å². The van der Waals surface area contributed by atoms with Crippen molar-refractivity contribution >= 4 is 11.6 Å². The first-order valence-electron chi connectivity index (χ1n) is 6.86. The number of aromatic nitrogens is 3. The van der Waals surface area contributed by atoms with Crippen LogP contribution in [0.5, 0.6) is 5.75 Å². The van der Waals surface area contributed by atoms with Crippen molar-refractivity contribution < 1.29 is 17.9 Å². The molecular weight excluding hydrogens is 343 g/mol. The zero-order valence-corrected chi connectivity index (χ0v) is 13.1. The summed E-state index contributed by atoms with van der Waals surface area (Å²) in [6.07, 6.45) is -4.79. The van der Waals surface area contributed by atoms with E-state index < -0.39 is 6.36 Å². The largest absolute Gasteiger partial charge is 0.573 e. The van der Waals surface area contributed by atoms with E-state index in [-0.39, 0.29) is 17.1 Å². The van der Waals surface area contributed by atoms with Gasteiger partial charge in [-0.05, 0) is 24.3 Å². The molecule has 0 aliphatic heterocycles. The van der Waals surface area contributed by atoms with Gasteiger partial charge in [0.1, 0.15) is 5.75 Å². The Hall–Kier alpha value is -2.54. The highest BCUT2D eigenvalue weighted by Crippen LogP contribution is 2.34. The smallest absolute Gasteiger partial charge is 0.405 e. The normalized spacial score (nSPS) is 11.5. The number of para-hydroxylation sites is 1. The maximum Gasteiger partial charge on any atom is 0.573 e. The summed E-state index contributed by atoms with van der Waals surface area (Å²) in [5.41, 5.74) is 0.817. The van der Waals surface area contributed by atoms with Gasteiger partial charge in [0.2, 0.25) is 0 Å². The van der Waals surface area contributed by atoms with E-state index in [4.69, 9.17) is 11.6 Å². The summed E-state index contributed by atoms with van der Waals surface area (Å²) < 4.78 is 43.4. The van der Waals surface area contributed by atoms with Gasteiger partial charge in [0.15, 0.2) is 11.6 Å². The molecule has 0 bridgehead atoms. The van der Waals surface area contributed by atoms with Crippen LogP contribution < -0.4 is 4.74 Å². The molecule has 8 heteroatoms. The topological polar surface area (TPSA) is 39.9 Å². The second-order valence-corrected chi connectivity index (χ2v) is 5.34. The van der Waals surface area contributed by atoms with Crippen LogP contribution in [-0.2, 0) is 7.05 Å². The van der Waals surface area contributed by atoms with Crippen LogP contribution in [0.1, 0.15) is 0 Å². The molecule has 0 N–H and O–H groups in total. The lowest BCUT2D eigenvalue weighted by atomic mass is 10.2. The van der Waals surface area contributed by atoms with Crippen molar-refractivity contribution in [1.29, 1.82) is 0 Å². The van der Waals surface area contributed by atoms with Crippen LogP contribution in [0.4, 0.5) is 13.2 Å². The number of hydrogen-bond donors (Lipinski definition) is 0. The summed E-state index contributed by atoms with van der Waals surface area (Å²) in [5.74, 6) is 0.341. The minimum absolute atomic E-state index is 0.183. The second kappa shape index (κ2) is 6.16. The molecule has 24 heavy (non-hydrogen) atoms. The molecule has 0 amide bonds. The number of ether oxygens (including phenoxy) is 1. The molecule has 0 aliphatic carbocycles. The molecule has 0 saturated carbocycles. The Kier molecular flexibility index (Phi) is 4.19. The van der Waals surface area contributed by atoms with Gasteiger partial charge < -0.3 is 9.30 Å². The van der Waals surface area contributed by atoms with Gasteiger partial charge in [-0.25, -0.2) is 0 Å². The number of nitrogens with zero attached hydrogens (tertiary/aromatic N) is 3. The molecule has 4 nitrogen and oxygen atoms in total. The summed E-state index contributed by atoms with van der Waals surface area (Å²) in [4.78, 5) is 0. The minimum atomic E-state index is -4.79. The minimum Gasteiger partial charge on any atom is -0.405 e. The lowest BCUT2D eigenvalue weighted by Crippen LogP contribution is -2.17. The molecule has 124 valence electrons. The van der Waals surface area contributed by atoms with E-state index in [1.165, 1.54) is 18.2 Å². The van der Waals surface area contributed by atoms with Crippen LogP contribution in [-0.4, -0.2) is 21.1 Å². The molecule has 0 unspecified atom stereocenters. The fourth-order valence-corrected chi connectivity index (χ4v) is 2.53. The Morgan fingerprint density at radius 1 is 0.917 bits per heavy atom. The molecule has 1 heterocycles. The van der Waals surface area contributed by atoms with Crippen LogP contribution in [0.25, 0.3) is 22.8 Å². The van der Waals surface area contributed by atoms with Crippen molar-refractivity contribution in [2.45, 2.75) is 6.36 Å². The molecule has 0 spiro atoms. The maximum absolute atomic E-state index is 12.6. The van der Waals surface area contributed by atoms with E-state index in [1.807, 2.05) is 0 Å². The average Bonchev–Trinajstić information content (AvgIpc) is 2.88. The highest BCUT2D eigenvalue weighted by atomic mass is 35.5. The number of benzene rings is 2. The number of rotatable bonds is 3. The predicted octanol–water partition coefficient (Wildman–Crippen LogP) is 4.70. The third-order valence-corrected chi connectivity index (χ3v) is 3.67. The summed E-state index contributed by atoms with van der Waals surface area (Å²) in [6, 6.07) is 12.8. The second-order valence-electron chi connectivity index (χ2n) is 4.93. The molecule has 0 atom stereocenters. The van der Waals surface area contributed by atoms with Gasteiger partial charge in [-0.1, -0.05) is 35.9 Å². The lowest BCUT2D eigenvalue weighted by molar-refractivity contribution is -0.274. The molecular formula is C16H11ClF3N3O. The van der Waals surface area contributed by atoms with E-state index in [1.54, 1.807) is 41.9 Å². The lowest BCUT2D eigenvalue weighted by Gasteiger charge is -2.13. The van der Waals surface area contributed by atoms with Gasteiger partial charge in [0.25, 0.3) is 0 Å². The van der Waals surface area contributed by atoms with Crippen LogP contribution in [0, 0.1) is 0 Å². The number of alkyl halides is 3. The summed E-state index contributed by atoms with van der Waals surface area (Å²) in [5, 5.41) is 8.53. The van der Waals surface area contributed by atoms with Gasteiger partial charge in [-0.15, -0.1) is 23.4 Å². The quantitative estimate of drug-likeness (QED) is 0.685. The average molecular weight is 354 g/mol. The van der Waals surface area contributed by atoms with E-state index in [9.17, 15) is 13.2 Å². The van der Waals surface area contributed by atoms with Crippen molar-refractivity contribution in [2.75, 3.05) is 0 Å². The third kappa shape index (κ3) is 3.21. The van der Waals surface area contributed by atoms with E-state index in [2.05, 4.69) is 14.9 Å². The molecule has 3 aromatic rings. The fraction of sp³-hybridized carbons (Fsp3) is 0.125. The van der Waals surface area contributed by atoms with E-state index >= 15 is 0 Å². The van der Waals surface area contributed by atoms with Gasteiger partial charge in [-0.3, -0.25) is 0 Å². The van der Waals surface area contributed by atoms with Gasteiger partial charge in [0.05, 0.1) is 10.6 Å². The first-order valence-corrected chi connectivity index (χ1v) is 7.24. The van der Waals surface area contributed by atoms with Crippen LogP contribution in [0.3, 0.4) is 0 Å². The molecule has 2 aromatic carbocycles. The highest BCUT2D eigenvalue weighted by molar-refractivity contribution is 6.33. The SMILES string of the molecule is Cn1c(-c2ccccc2Cl)nnc1-c1ccccc1OC(F)(F)F. The van der Waals surface area contributed by atoms with Gasteiger partial charge in [-0.2, -0.15) is 0 Å². The number of halogens is 4. The zero-order valence-electron chi connectivity index (χ0n) is 12.4. The highest BCUT2D eigenvalue weighted by Gasteiger charge is 2.32. The molecule has 3 rings (SSSR count). The van der Waals surface area contributed by atoms with Gasteiger partial charge in [0, 0.05) is 12.6 Å². The Morgan fingerprint density at radius 2 is 1.46 bits per heavy atom. The van der Waals surface area contributed by atoms with Crippen LogP contribution in [0.2, 0.25) is 5.02 Å². The first-order chi connectivity index (χ1) is 11.4. The summed E-state index contributed by atoms with van der Waals surface area (Å²) >= 11 is 6.15. The molecule has 0 saturated heterocycles. The summed E-state index contributed by atoms with van der Waals surface area (Å²) in [6.45, 7) is 0. The van der Waals surface area contributed by atoms with Crippen molar-refractivity contribution in [3.8, 4) is 28.5 Å². The standard InChI is InChI=1S/C16H11ClF3N3O/c1-23-14(10-6-2-4-8-12(10)17)21-22-15(23)11-7-3-5-9-13(11)24-16(18,19)20/h2-9H,1H3. The maximum atomic E-state index is 12.6. The zero-order chi connectivity index (χ0) is 17.3. The molecule has 0 aliphatic rings. The number of hydrogen-bond acceptors (Lipinski definition) is 3. The van der Waals surface area contributed by atoms with Crippen molar-refractivity contribution in [3.63, 3.8) is 0 Å². The van der Waals surface area contributed by atoms with E-state index in [0.717, 1.165) is 0 Å². The van der Waals surface area contributed by atoms with Crippen LogP contribution >= 0.6 is 11.6 Å². The third-order valence-electron chi connectivity index (χ3n) is 3.34. The first kappa shape index (κ1) is 16.3. The Labute approximate surface area is 140 Å². The molecule has 0 radical (unpaired) electrons. The van der Waals surface area contributed by atoms with Crippen molar-refractivity contribution in [3.05, 3.63) is 53.6 Å². The monoisotopic (exact) mass is 353 g/mol. The predicted molar refractivity (Wildman–Crippen MR) is 83.6 cm³/mol. The van der Waals surface area contributed by atoms with Gasteiger partial charge >= 0.3 is 6.36 Å². The Bertz CT molecular complexity index is 877. The van der Waals surface area contributed by atoms with E-state index in [0.29, 0.717) is 16.4 Å². The van der Waals surface area contributed by atoms with Crippen LogP contribution in [0.15, 0.2) is 48.5 Å². The molecule has 1 aromatic heterocycles. The molecule has 0 fully saturated rings. The van der Waals surface area contributed by atoms with Crippen molar-refractivity contribution in [1.82, 2.24) is 14.8 Å². The fourth-order valence-electron chi connectivity index (χ4n) is 2.31. The Morgan fingerprint density at radius 3 is 2.08 bits per heavy atom. The summed E-state index contributed by atoms with van der Waals surface area (Å²) in [7, 11) is 1.65. The Balaban J connectivity index is 2.09.